The van der Waals surface area contributed by atoms with Gasteiger partial charge in [-0.1, -0.05) is 35.0 Å². The van der Waals surface area contributed by atoms with E-state index in [1.165, 1.54) is 28.1 Å². The van der Waals surface area contributed by atoms with Gasteiger partial charge >= 0.3 is 0 Å². The lowest BCUT2D eigenvalue weighted by Gasteiger charge is -2.28. The number of ether oxygens (including phenoxy) is 1. The molecule has 1 saturated heterocycles. The average Bonchev–Trinajstić information content (AvgIpc) is 3.19. The number of hydrazine groups is 1. The van der Waals surface area contributed by atoms with Gasteiger partial charge in [-0.05, 0) is 18.2 Å². The van der Waals surface area contributed by atoms with Crippen LogP contribution in [0.5, 0.6) is 0 Å². The molecule has 3 rings (SSSR count). The Morgan fingerprint density at radius 2 is 2.30 bits per heavy atom. The van der Waals surface area contributed by atoms with E-state index >= 15 is 0 Å². The third-order valence-electron chi connectivity index (χ3n) is 4.11. The number of benzene rings is 1. The first-order chi connectivity index (χ1) is 14.5. The minimum absolute atomic E-state index is 0.258. The molecule has 160 valence electrons. The second-order valence-electron chi connectivity index (χ2n) is 6.27. The van der Waals surface area contributed by atoms with Crippen LogP contribution in [0, 0.1) is 11.3 Å². The van der Waals surface area contributed by atoms with Crippen LogP contribution in [0.1, 0.15) is 17.0 Å². The number of aromatic nitrogens is 1. The van der Waals surface area contributed by atoms with Crippen LogP contribution in [0.3, 0.4) is 0 Å². The lowest BCUT2D eigenvalue weighted by Crippen LogP contribution is -2.42. The number of rotatable bonds is 5. The van der Waals surface area contributed by atoms with Crippen molar-refractivity contribution >= 4 is 52.0 Å². The summed E-state index contributed by atoms with van der Waals surface area (Å²) >= 11 is 14.7. The summed E-state index contributed by atoms with van der Waals surface area (Å²) in [7, 11) is 0. The summed E-state index contributed by atoms with van der Waals surface area (Å²) in [4.78, 5) is 10.4. The van der Waals surface area contributed by atoms with E-state index in [2.05, 4.69) is 16.5 Å². The molecule has 0 radical (unpaired) electrons. The molecular weight excluding hydrogens is 467 g/mol. The highest BCUT2D eigenvalue weighted by Crippen LogP contribution is 2.33. The lowest BCUT2D eigenvalue weighted by molar-refractivity contribution is 0.00882. The van der Waals surface area contributed by atoms with E-state index in [9.17, 15) is 5.26 Å². The lowest BCUT2D eigenvalue weighted by atomic mass is 10.2. The smallest absolute Gasteiger partial charge is 0.142 e. The van der Waals surface area contributed by atoms with Crippen LogP contribution in [0.25, 0.3) is 5.70 Å². The number of thioether (sulfide) groups is 1. The average molecular weight is 487 g/mol. The molecule has 12 heteroatoms. The van der Waals surface area contributed by atoms with E-state index in [-0.39, 0.29) is 11.5 Å². The van der Waals surface area contributed by atoms with E-state index in [4.69, 9.17) is 44.4 Å². The van der Waals surface area contributed by atoms with Gasteiger partial charge in [-0.15, -0.1) is 11.3 Å². The van der Waals surface area contributed by atoms with Gasteiger partial charge in [0.25, 0.3) is 0 Å². The van der Waals surface area contributed by atoms with Crippen molar-refractivity contribution in [2.24, 2.45) is 11.6 Å². The number of nitrogens with two attached hydrogens (primary N) is 2. The van der Waals surface area contributed by atoms with Crippen LogP contribution < -0.4 is 17.1 Å². The topological polar surface area (TPSA) is 122 Å². The first-order valence-corrected chi connectivity index (χ1v) is 11.4. The van der Waals surface area contributed by atoms with Crippen molar-refractivity contribution in [1.82, 2.24) is 15.5 Å². The highest BCUT2D eigenvalue weighted by atomic mass is 35.5. The molecule has 0 bridgehead atoms. The molecule has 0 amide bonds. The van der Waals surface area contributed by atoms with Crippen LogP contribution >= 0.6 is 46.3 Å². The van der Waals surface area contributed by atoms with Crippen LogP contribution in [0.15, 0.2) is 34.7 Å². The SMILES string of the molecule is N#Cc1ccc(Cl)cc1SC1C[C@@H](N(N)/C=C(\N)c2nc(Cl)cs2)CONCCO1. The number of thiazole rings is 1. The predicted molar refractivity (Wildman–Crippen MR) is 119 cm³/mol. The molecule has 8 nitrogen and oxygen atoms in total. The van der Waals surface area contributed by atoms with E-state index in [0.29, 0.717) is 52.6 Å². The first kappa shape index (κ1) is 23.1. The maximum absolute atomic E-state index is 9.39. The van der Waals surface area contributed by atoms with Gasteiger partial charge in [-0.3, -0.25) is 4.84 Å². The number of nitrogens with zero attached hydrogens (tertiary/aromatic N) is 3. The van der Waals surface area contributed by atoms with Gasteiger partial charge in [-0.2, -0.15) is 5.26 Å². The summed E-state index contributed by atoms with van der Waals surface area (Å²) in [5, 5.41) is 14.1. The third kappa shape index (κ3) is 6.47. The molecule has 1 aliphatic rings. The van der Waals surface area contributed by atoms with Crippen LogP contribution in [0.4, 0.5) is 0 Å². The Kier molecular flexibility index (Phi) is 8.61. The van der Waals surface area contributed by atoms with Crippen LogP contribution in [0.2, 0.25) is 10.2 Å². The van der Waals surface area contributed by atoms with Gasteiger partial charge in [0.1, 0.15) is 21.7 Å². The van der Waals surface area contributed by atoms with Gasteiger partial charge in [0.2, 0.25) is 0 Å². The fraction of sp³-hybridized carbons (Fsp3) is 0.333. The van der Waals surface area contributed by atoms with E-state index < -0.39 is 0 Å². The summed E-state index contributed by atoms with van der Waals surface area (Å²) in [6.07, 6.45) is 2.12. The fourth-order valence-corrected chi connectivity index (χ4v) is 4.95. The fourth-order valence-electron chi connectivity index (χ4n) is 2.64. The molecule has 2 heterocycles. The number of nitriles is 1. The Morgan fingerprint density at radius 1 is 1.47 bits per heavy atom. The molecule has 1 aliphatic heterocycles. The van der Waals surface area contributed by atoms with Crippen molar-refractivity contribution in [2.75, 3.05) is 19.8 Å². The second-order valence-corrected chi connectivity index (χ2v) is 9.16. The number of hydroxylamine groups is 1. The van der Waals surface area contributed by atoms with Gasteiger partial charge in [0, 0.05) is 34.5 Å². The largest absolute Gasteiger partial charge is 0.395 e. The molecule has 5 N–H and O–H groups in total. The number of hydrogen-bond donors (Lipinski definition) is 3. The van der Waals surface area contributed by atoms with Gasteiger partial charge in [0.05, 0.1) is 30.5 Å². The summed E-state index contributed by atoms with van der Waals surface area (Å²) in [6.45, 7) is 1.26. The normalized spacial score (nSPS) is 20.7. The Labute approximate surface area is 192 Å². The molecule has 2 aromatic rings. The zero-order valence-corrected chi connectivity index (χ0v) is 18.9. The molecule has 2 atom stereocenters. The molecular formula is C18H20Cl2N6O2S2. The monoisotopic (exact) mass is 486 g/mol. The third-order valence-corrected chi connectivity index (χ3v) is 6.74. The standard InChI is InChI=1S/C18H20Cl2N6O2S2/c19-12-2-1-11(7-21)15(5-12)30-17-6-13(9-28-24-3-4-27-17)26(23)8-14(22)18-25-16(20)10-29-18/h1-2,5,8,10,13,17,24H,3-4,6,9,22-23H2/b14-8-/t13-,17?/m1/s1. The van der Waals surface area contributed by atoms with E-state index in [1.54, 1.807) is 29.8 Å². The summed E-state index contributed by atoms with van der Waals surface area (Å²) in [5.74, 6) is 6.28. The van der Waals surface area contributed by atoms with Crippen LogP contribution in [-0.4, -0.2) is 41.2 Å². The van der Waals surface area contributed by atoms with Gasteiger partial charge in [0.15, 0.2) is 0 Å². The van der Waals surface area contributed by atoms with E-state index in [0.717, 1.165) is 4.90 Å². The van der Waals surface area contributed by atoms with Crippen molar-refractivity contribution in [3.05, 3.63) is 50.5 Å². The molecule has 1 fully saturated rings. The van der Waals surface area contributed by atoms with Crippen LogP contribution in [-0.2, 0) is 9.57 Å². The number of nitrogens with one attached hydrogen (secondary N) is 1. The molecule has 30 heavy (non-hydrogen) atoms. The molecule has 0 spiro atoms. The Hall–Kier alpha value is -1.55. The molecule has 0 saturated carbocycles. The van der Waals surface area contributed by atoms with Gasteiger partial charge in [-0.25, -0.2) is 16.3 Å². The highest BCUT2D eigenvalue weighted by Gasteiger charge is 2.24. The number of halogens is 2. The van der Waals surface area contributed by atoms with E-state index in [1.807, 2.05) is 0 Å². The molecule has 0 aliphatic carbocycles. The Morgan fingerprint density at radius 3 is 3.03 bits per heavy atom. The Balaban J connectivity index is 1.76. The van der Waals surface area contributed by atoms with Crippen molar-refractivity contribution in [3.8, 4) is 6.07 Å². The maximum atomic E-state index is 9.39. The summed E-state index contributed by atoms with van der Waals surface area (Å²) in [5.41, 5.74) is 9.62. The zero-order chi connectivity index (χ0) is 21.5. The summed E-state index contributed by atoms with van der Waals surface area (Å²) < 4.78 is 5.99. The quantitative estimate of drug-likeness (QED) is 0.431. The Bertz CT molecular complexity index is 936. The molecule has 1 unspecified atom stereocenters. The van der Waals surface area contributed by atoms with Crippen molar-refractivity contribution in [3.63, 3.8) is 0 Å². The van der Waals surface area contributed by atoms with Crippen molar-refractivity contribution in [1.29, 1.82) is 5.26 Å². The second kappa shape index (κ2) is 11.2. The minimum Gasteiger partial charge on any atom is -0.395 e. The van der Waals surface area contributed by atoms with Gasteiger partial charge < -0.3 is 15.5 Å². The minimum atomic E-state index is -0.279. The zero-order valence-electron chi connectivity index (χ0n) is 15.8. The molecule has 1 aromatic heterocycles. The summed E-state index contributed by atoms with van der Waals surface area (Å²) in [6, 6.07) is 7.07. The molecule has 1 aromatic carbocycles. The first-order valence-electron chi connectivity index (χ1n) is 8.90. The van der Waals surface area contributed by atoms with Crippen molar-refractivity contribution in [2.45, 2.75) is 22.8 Å². The highest BCUT2D eigenvalue weighted by molar-refractivity contribution is 7.99. The van der Waals surface area contributed by atoms with Crippen molar-refractivity contribution < 1.29 is 9.57 Å². The maximum Gasteiger partial charge on any atom is 0.142 e. The predicted octanol–water partition coefficient (Wildman–Crippen LogP) is 3.18. The number of hydrogen-bond acceptors (Lipinski definition) is 10.